The van der Waals surface area contributed by atoms with Crippen LogP contribution >= 0.6 is 23.2 Å². The molecule has 0 aliphatic rings. The molecule has 0 aliphatic carbocycles. The quantitative estimate of drug-likeness (QED) is 0.562. The van der Waals surface area contributed by atoms with Crippen LogP contribution < -0.4 is 15.0 Å². The van der Waals surface area contributed by atoms with Crippen LogP contribution in [0.5, 0.6) is 11.5 Å². The first-order chi connectivity index (χ1) is 13.8. The molecule has 2 aromatic carbocycles. The Bertz CT molecular complexity index is 1060. The topological polar surface area (TPSA) is 93.4 Å². The monoisotopic (exact) mass is 444 g/mol. The summed E-state index contributed by atoms with van der Waals surface area (Å²) in [5.74, 6) is -0.687. The van der Waals surface area contributed by atoms with Crippen molar-refractivity contribution in [2.75, 3.05) is 20.3 Å². The number of aromatic amines is 2. The van der Waals surface area contributed by atoms with Crippen molar-refractivity contribution in [1.82, 2.24) is 10.2 Å². The molecule has 29 heavy (non-hydrogen) atoms. The second-order valence-electron chi connectivity index (χ2n) is 5.53. The molecule has 0 fully saturated rings. The van der Waals surface area contributed by atoms with Gasteiger partial charge < -0.3 is 14.2 Å². The number of carbonyl (C=O) groups excluding carboxylic acids is 1. The molecule has 1 heterocycles. The van der Waals surface area contributed by atoms with Crippen LogP contribution in [0.1, 0.15) is 24.2 Å². The van der Waals surface area contributed by atoms with Gasteiger partial charge >= 0.3 is 5.97 Å². The Morgan fingerprint density at radius 3 is 2.17 bits per heavy atom. The zero-order valence-corrected chi connectivity index (χ0v) is 17.4. The summed E-state index contributed by atoms with van der Waals surface area (Å²) in [4.78, 5) is 22.3. The molecule has 3 rings (SSSR count). The molecule has 0 amide bonds. The fourth-order valence-electron chi connectivity index (χ4n) is 2.36. The van der Waals surface area contributed by atoms with E-state index < -0.39 is 11.8 Å². The van der Waals surface area contributed by atoms with Gasteiger partial charge in [-0.1, -0.05) is 23.2 Å². The first kappa shape index (κ1) is 22.6. The van der Waals surface area contributed by atoms with Gasteiger partial charge in [0.15, 0.2) is 0 Å². The number of carbonyl (C=O) groups is 1. The first-order valence-corrected chi connectivity index (χ1v) is 9.30. The number of fused-ring (bicyclic) bond motifs is 1. The minimum absolute atomic E-state index is 0.176. The standard InChI is InChI=1S/C10H10ClFO3.C9H9ClN2O2/c1-3-15-9-5-8(12)6(4-7(9)11)10(13)14-2;1-2-14-8-4-7-5(3-6(8)10)9(13)12-11-7/h4-5H,3H2,1-2H3;3-4H,2H2,1H3,(H2,11,12,13). The lowest BCUT2D eigenvalue weighted by atomic mass is 10.2. The summed E-state index contributed by atoms with van der Waals surface area (Å²) in [6.07, 6.45) is 0. The zero-order chi connectivity index (χ0) is 21.6. The van der Waals surface area contributed by atoms with E-state index in [0.717, 1.165) is 6.07 Å². The summed E-state index contributed by atoms with van der Waals surface area (Å²) < 4.78 is 28.1. The van der Waals surface area contributed by atoms with Gasteiger partial charge in [0.1, 0.15) is 17.3 Å². The van der Waals surface area contributed by atoms with Crippen molar-refractivity contribution in [3.8, 4) is 11.5 Å². The predicted molar refractivity (Wildman–Crippen MR) is 109 cm³/mol. The van der Waals surface area contributed by atoms with Gasteiger partial charge in [-0.3, -0.25) is 15.0 Å². The van der Waals surface area contributed by atoms with E-state index in [1.807, 2.05) is 6.92 Å². The van der Waals surface area contributed by atoms with Crippen molar-refractivity contribution in [2.24, 2.45) is 0 Å². The Morgan fingerprint density at radius 1 is 1.00 bits per heavy atom. The van der Waals surface area contributed by atoms with Crippen molar-refractivity contribution < 1.29 is 23.4 Å². The van der Waals surface area contributed by atoms with Crippen LogP contribution in [-0.4, -0.2) is 36.5 Å². The van der Waals surface area contributed by atoms with Crippen LogP contribution in [0, 0.1) is 5.82 Å². The van der Waals surface area contributed by atoms with Gasteiger partial charge in [0.05, 0.1) is 46.8 Å². The first-order valence-electron chi connectivity index (χ1n) is 8.55. The summed E-state index contributed by atoms with van der Waals surface area (Å²) in [7, 11) is 1.17. The molecule has 0 unspecified atom stereocenters. The van der Waals surface area contributed by atoms with Crippen LogP contribution in [0.25, 0.3) is 10.9 Å². The Balaban J connectivity index is 0.000000207. The van der Waals surface area contributed by atoms with Crippen LogP contribution in [0.3, 0.4) is 0 Å². The molecule has 156 valence electrons. The molecule has 0 aliphatic heterocycles. The van der Waals surface area contributed by atoms with E-state index in [4.69, 9.17) is 32.7 Å². The molecule has 10 heteroatoms. The summed E-state index contributed by atoms with van der Waals surface area (Å²) in [5, 5.41) is 6.38. The fourth-order valence-corrected chi connectivity index (χ4v) is 2.80. The zero-order valence-electron chi connectivity index (χ0n) is 15.9. The Hall–Kier alpha value is -2.71. The highest BCUT2D eigenvalue weighted by Crippen LogP contribution is 2.28. The Kier molecular flexibility index (Phi) is 7.92. The van der Waals surface area contributed by atoms with E-state index >= 15 is 0 Å². The molecule has 3 aromatic rings. The Morgan fingerprint density at radius 2 is 1.59 bits per heavy atom. The number of esters is 1. The lowest BCUT2D eigenvalue weighted by Crippen LogP contribution is -2.05. The van der Waals surface area contributed by atoms with E-state index in [9.17, 15) is 14.0 Å². The maximum Gasteiger partial charge on any atom is 0.340 e. The molecule has 0 saturated heterocycles. The third-order valence-electron chi connectivity index (χ3n) is 3.65. The van der Waals surface area contributed by atoms with Gasteiger partial charge in [-0.2, -0.15) is 0 Å². The third kappa shape index (κ3) is 5.42. The van der Waals surface area contributed by atoms with E-state index in [-0.39, 0.29) is 21.9 Å². The maximum absolute atomic E-state index is 13.4. The van der Waals surface area contributed by atoms with Gasteiger partial charge in [0, 0.05) is 12.1 Å². The molecular formula is C19H19Cl2FN2O5. The SMILES string of the molecule is CCOc1cc(F)c(C(=O)OC)cc1Cl.CCOc1cc2[nH][nH]c(=O)c2cc1Cl. The molecular weight excluding hydrogens is 426 g/mol. The largest absolute Gasteiger partial charge is 0.492 e. The van der Waals surface area contributed by atoms with Crippen LogP contribution in [-0.2, 0) is 4.74 Å². The summed E-state index contributed by atoms with van der Waals surface area (Å²) in [6, 6.07) is 5.56. The third-order valence-corrected chi connectivity index (χ3v) is 4.24. The highest BCUT2D eigenvalue weighted by Gasteiger charge is 2.16. The molecule has 0 saturated carbocycles. The van der Waals surface area contributed by atoms with Crippen molar-refractivity contribution >= 4 is 40.1 Å². The minimum Gasteiger partial charge on any atom is -0.492 e. The van der Waals surface area contributed by atoms with Gasteiger partial charge in [-0.05, 0) is 26.0 Å². The second kappa shape index (κ2) is 10.2. The summed E-state index contributed by atoms with van der Waals surface area (Å²) >= 11 is 11.7. The maximum atomic E-state index is 13.4. The number of H-pyrrole nitrogens is 2. The van der Waals surface area contributed by atoms with E-state index in [1.165, 1.54) is 13.2 Å². The average Bonchev–Trinajstić information content (AvgIpc) is 3.05. The molecule has 1 aromatic heterocycles. The number of aromatic nitrogens is 2. The fraction of sp³-hybridized carbons (Fsp3) is 0.263. The second-order valence-corrected chi connectivity index (χ2v) is 6.34. The molecule has 0 spiro atoms. The smallest absolute Gasteiger partial charge is 0.340 e. The molecule has 7 nitrogen and oxygen atoms in total. The minimum atomic E-state index is -0.766. The van der Waals surface area contributed by atoms with Crippen LogP contribution in [0.15, 0.2) is 29.1 Å². The number of hydrogen-bond acceptors (Lipinski definition) is 5. The van der Waals surface area contributed by atoms with Crippen molar-refractivity contribution in [3.05, 3.63) is 56.0 Å². The number of hydrogen-bond donors (Lipinski definition) is 2. The van der Waals surface area contributed by atoms with Gasteiger partial charge in [-0.25, -0.2) is 9.18 Å². The molecule has 2 N–H and O–H groups in total. The lowest BCUT2D eigenvalue weighted by Gasteiger charge is -2.07. The number of methoxy groups -OCH3 is 1. The normalized spacial score (nSPS) is 10.3. The van der Waals surface area contributed by atoms with Crippen molar-refractivity contribution in [2.45, 2.75) is 13.8 Å². The average molecular weight is 445 g/mol. The highest BCUT2D eigenvalue weighted by molar-refractivity contribution is 6.33. The van der Waals surface area contributed by atoms with E-state index in [2.05, 4.69) is 14.9 Å². The van der Waals surface area contributed by atoms with Gasteiger partial charge in [-0.15, -0.1) is 0 Å². The molecule has 0 bridgehead atoms. The van der Waals surface area contributed by atoms with Crippen molar-refractivity contribution in [3.63, 3.8) is 0 Å². The number of ether oxygens (including phenoxy) is 3. The summed E-state index contributed by atoms with van der Waals surface area (Å²) in [6.45, 7) is 4.54. The predicted octanol–water partition coefficient (Wildman–Crippen LogP) is 4.57. The number of rotatable bonds is 5. The van der Waals surface area contributed by atoms with Crippen LogP contribution in [0.2, 0.25) is 10.0 Å². The molecule has 0 atom stereocenters. The van der Waals surface area contributed by atoms with Gasteiger partial charge in [0.25, 0.3) is 5.56 Å². The number of halogens is 3. The highest BCUT2D eigenvalue weighted by atomic mass is 35.5. The lowest BCUT2D eigenvalue weighted by molar-refractivity contribution is 0.0595. The van der Waals surface area contributed by atoms with Gasteiger partial charge in [0.2, 0.25) is 0 Å². The Labute approximate surface area is 175 Å². The number of benzene rings is 2. The van der Waals surface area contributed by atoms with Crippen molar-refractivity contribution in [1.29, 1.82) is 0 Å². The van der Waals surface area contributed by atoms with Crippen LogP contribution in [0.4, 0.5) is 4.39 Å². The molecule has 0 radical (unpaired) electrons. The van der Waals surface area contributed by atoms with E-state index in [0.29, 0.717) is 34.9 Å². The number of nitrogens with one attached hydrogen (secondary N) is 2. The summed E-state index contributed by atoms with van der Waals surface area (Å²) in [5.41, 5.74) is 0.318. The van der Waals surface area contributed by atoms with E-state index in [1.54, 1.807) is 19.1 Å².